The third-order valence-corrected chi connectivity index (χ3v) is 2.86. The van der Waals surface area contributed by atoms with E-state index in [1.165, 1.54) is 12.8 Å². The first kappa shape index (κ1) is 13.1. The van der Waals surface area contributed by atoms with Gasteiger partial charge in [-0.25, -0.2) is 4.98 Å². The van der Waals surface area contributed by atoms with E-state index in [4.69, 9.17) is 9.47 Å². The first-order valence-corrected chi connectivity index (χ1v) is 6.70. The highest BCUT2D eigenvalue weighted by Gasteiger charge is 2.14. The molecule has 5 heteroatoms. The predicted octanol–water partition coefficient (Wildman–Crippen LogP) is 2.25. The molecule has 1 fully saturated rings. The van der Waals surface area contributed by atoms with Crippen molar-refractivity contribution in [1.82, 2.24) is 9.97 Å². The van der Waals surface area contributed by atoms with E-state index in [1.54, 1.807) is 12.3 Å². The van der Waals surface area contributed by atoms with Crippen LogP contribution < -0.4 is 10.1 Å². The average molecular weight is 251 g/mol. The van der Waals surface area contributed by atoms with Gasteiger partial charge in [-0.1, -0.05) is 6.92 Å². The molecule has 1 unspecified atom stereocenters. The van der Waals surface area contributed by atoms with E-state index in [-0.39, 0.29) is 0 Å². The molecule has 1 aromatic heterocycles. The minimum absolute atomic E-state index is 0.400. The summed E-state index contributed by atoms with van der Waals surface area (Å²) in [5.74, 6) is 1.26. The summed E-state index contributed by atoms with van der Waals surface area (Å²) in [4.78, 5) is 8.46. The summed E-state index contributed by atoms with van der Waals surface area (Å²) < 4.78 is 11.0. The Morgan fingerprint density at radius 1 is 1.56 bits per heavy atom. The van der Waals surface area contributed by atoms with Gasteiger partial charge in [-0.3, -0.25) is 0 Å². The Morgan fingerprint density at radius 3 is 3.28 bits per heavy atom. The second-order valence-corrected chi connectivity index (χ2v) is 4.42. The zero-order chi connectivity index (χ0) is 12.6. The number of nitrogens with zero attached hydrogens (tertiary/aromatic N) is 2. The van der Waals surface area contributed by atoms with Crippen LogP contribution in [0.5, 0.6) is 5.88 Å². The molecule has 2 rings (SSSR count). The number of hydrogen-bond acceptors (Lipinski definition) is 5. The molecule has 1 saturated heterocycles. The molecule has 0 aliphatic carbocycles. The zero-order valence-corrected chi connectivity index (χ0v) is 10.9. The van der Waals surface area contributed by atoms with Gasteiger partial charge in [0.2, 0.25) is 11.8 Å². The highest BCUT2D eigenvalue weighted by molar-refractivity contribution is 5.27. The Labute approximate surface area is 108 Å². The lowest BCUT2D eigenvalue weighted by Crippen LogP contribution is -2.14. The van der Waals surface area contributed by atoms with Gasteiger partial charge in [0, 0.05) is 25.4 Å². The maximum absolute atomic E-state index is 5.56. The molecule has 1 N–H and O–H groups in total. The number of nitrogens with one attached hydrogen (secondary N) is 1. The van der Waals surface area contributed by atoms with E-state index in [0.717, 1.165) is 26.0 Å². The smallest absolute Gasteiger partial charge is 0.225 e. The van der Waals surface area contributed by atoms with Crippen molar-refractivity contribution in [3.05, 3.63) is 12.3 Å². The Kier molecular flexibility index (Phi) is 5.20. The highest BCUT2D eigenvalue weighted by atomic mass is 16.5. The number of ether oxygens (including phenoxy) is 2. The van der Waals surface area contributed by atoms with Crippen LogP contribution in [-0.2, 0) is 4.74 Å². The normalized spacial score (nSPS) is 18.8. The van der Waals surface area contributed by atoms with Gasteiger partial charge in [0.05, 0.1) is 12.7 Å². The fraction of sp³-hybridized carbons (Fsp3) is 0.692. The van der Waals surface area contributed by atoms with Gasteiger partial charge in [0.25, 0.3) is 0 Å². The molecule has 1 aliphatic heterocycles. The van der Waals surface area contributed by atoms with Crippen molar-refractivity contribution in [2.24, 2.45) is 0 Å². The summed E-state index contributed by atoms with van der Waals surface area (Å²) in [5, 5.41) is 3.21. The SMILES string of the molecule is CCCOc1ccnc(NCCC2CCCO2)n1. The van der Waals surface area contributed by atoms with Gasteiger partial charge in [0.1, 0.15) is 0 Å². The molecule has 0 spiro atoms. The molecule has 2 heterocycles. The fourth-order valence-corrected chi connectivity index (χ4v) is 1.93. The van der Waals surface area contributed by atoms with E-state index >= 15 is 0 Å². The van der Waals surface area contributed by atoms with Gasteiger partial charge >= 0.3 is 0 Å². The summed E-state index contributed by atoms with van der Waals surface area (Å²) >= 11 is 0. The maximum Gasteiger partial charge on any atom is 0.225 e. The maximum atomic E-state index is 5.56. The van der Waals surface area contributed by atoms with Crippen LogP contribution in [0, 0.1) is 0 Å². The monoisotopic (exact) mass is 251 g/mol. The Bertz CT molecular complexity index is 354. The van der Waals surface area contributed by atoms with Crippen LogP contribution in [0.1, 0.15) is 32.6 Å². The number of rotatable bonds is 7. The van der Waals surface area contributed by atoms with E-state index in [2.05, 4.69) is 22.2 Å². The highest BCUT2D eigenvalue weighted by Crippen LogP contribution is 2.15. The molecule has 5 nitrogen and oxygen atoms in total. The number of aromatic nitrogens is 2. The number of anilines is 1. The van der Waals surface area contributed by atoms with Crippen molar-refractivity contribution in [1.29, 1.82) is 0 Å². The summed E-state index contributed by atoms with van der Waals surface area (Å²) in [6.07, 6.45) is 6.45. The molecular formula is C13H21N3O2. The van der Waals surface area contributed by atoms with Crippen LogP contribution in [0.25, 0.3) is 0 Å². The minimum atomic E-state index is 0.400. The van der Waals surface area contributed by atoms with Gasteiger partial charge in [-0.15, -0.1) is 0 Å². The van der Waals surface area contributed by atoms with Gasteiger partial charge in [0.15, 0.2) is 0 Å². The quantitative estimate of drug-likeness (QED) is 0.805. The lowest BCUT2D eigenvalue weighted by atomic mass is 10.2. The number of hydrogen-bond donors (Lipinski definition) is 1. The second-order valence-electron chi connectivity index (χ2n) is 4.42. The molecule has 0 radical (unpaired) electrons. The molecular weight excluding hydrogens is 230 g/mol. The van der Waals surface area contributed by atoms with Gasteiger partial charge in [-0.2, -0.15) is 4.98 Å². The Morgan fingerprint density at radius 2 is 2.50 bits per heavy atom. The zero-order valence-electron chi connectivity index (χ0n) is 10.9. The summed E-state index contributed by atoms with van der Waals surface area (Å²) in [6.45, 7) is 4.50. The largest absolute Gasteiger partial charge is 0.478 e. The van der Waals surface area contributed by atoms with Crippen molar-refractivity contribution in [3.63, 3.8) is 0 Å². The van der Waals surface area contributed by atoms with Crippen LogP contribution in [0.4, 0.5) is 5.95 Å². The molecule has 0 amide bonds. The lowest BCUT2D eigenvalue weighted by molar-refractivity contribution is 0.107. The topological polar surface area (TPSA) is 56.3 Å². The van der Waals surface area contributed by atoms with Crippen LogP contribution >= 0.6 is 0 Å². The first-order chi connectivity index (χ1) is 8.88. The molecule has 0 saturated carbocycles. The van der Waals surface area contributed by atoms with E-state index in [9.17, 15) is 0 Å². The molecule has 18 heavy (non-hydrogen) atoms. The van der Waals surface area contributed by atoms with Crippen molar-refractivity contribution in [3.8, 4) is 5.88 Å². The molecule has 0 aromatic carbocycles. The Hall–Kier alpha value is -1.36. The summed E-state index contributed by atoms with van der Waals surface area (Å²) in [5.41, 5.74) is 0. The minimum Gasteiger partial charge on any atom is -0.478 e. The summed E-state index contributed by atoms with van der Waals surface area (Å²) in [6, 6.07) is 1.78. The van der Waals surface area contributed by atoms with Crippen molar-refractivity contribution in [2.45, 2.75) is 38.7 Å². The van der Waals surface area contributed by atoms with Crippen LogP contribution in [0.15, 0.2) is 12.3 Å². The third-order valence-electron chi connectivity index (χ3n) is 2.86. The van der Waals surface area contributed by atoms with Crippen molar-refractivity contribution >= 4 is 5.95 Å². The van der Waals surface area contributed by atoms with Crippen molar-refractivity contribution in [2.75, 3.05) is 25.1 Å². The molecule has 1 aromatic rings. The standard InChI is InChI=1S/C13H21N3O2/c1-2-9-18-12-6-8-15-13(16-12)14-7-5-11-4-3-10-17-11/h6,8,11H,2-5,7,9-10H2,1H3,(H,14,15,16). The molecule has 1 aliphatic rings. The van der Waals surface area contributed by atoms with Crippen molar-refractivity contribution < 1.29 is 9.47 Å². The Balaban J connectivity index is 1.74. The summed E-state index contributed by atoms with van der Waals surface area (Å²) in [7, 11) is 0. The lowest BCUT2D eigenvalue weighted by Gasteiger charge is -2.10. The van der Waals surface area contributed by atoms with E-state index in [1.807, 2.05) is 0 Å². The van der Waals surface area contributed by atoms with Gasteiger partial charge in [-0.05, 0) is 25.7 Å². The third kappa shape index (κ3) is 4.14. The van der Waals surface area contributed by atoms with Crippen LogP contribution in [-0.4, -0.2) is 35.8 Å². The molecule has 0 bridgehead atoms. The average Bonchev–Trinajstić information content (AvgIpc) is 2.90. The van der Waals surface area contributed by atoms with Gasteiger partial charge < -0.3 is 14.8 Å². The van der Waals surface area contributed by atoms with E-state index in [0.29, 0.717) is 24.5 Å². The fourth-order valence-electron chi connectivity index (χ4n) is 1.93. The van der Waals surface area contributed by atoms with Crippen LogP contribution in [0.2, 0.25) is 0 Å². The molecule has 1 atom stereocenters. The second kappa shape index (κ2) is 7.16. The van der Waals surface area contributed by atoms with Crippen LogP contribution in [0.3, 0.4) is 0 Å². The molecule has 100 valence electrons. The first-order valence-electron chi connectivity index (χ1n) is 6.70. The predicted molar refractivity (Wildman–Crippen MR) is 69.9 cm³/mol. The van der Waals surface area contributed by atoms with E-state index < -0.39 is 0 Å².